The van der Waals surface area contributed by atoms with Crippen LogP contribution in [0.4, 0.5) is 5.69 Å². The molecule has 2 aromatic carbocycles. The van der Waals surface area contributed by atoms with Crippen LogP contribution in [0.25, 0.3) is 11.0 Å². The van der Waals surface area contributed by atoms with E-state index in [4.69, 9.17) is 30.2 Å². The van der Waals surface area contributed by atoms with Gasteiger partial charge in [-0.2, -0.15) is 0 Å². The molecule has 3 aromatic rings. The van der Waals surface area contributed by atoms with Gasteiger partial charge in [0, 0.05) is 17.0 Å². The summed E-state index contributed by atoms with van der Waals surface area (Å²) in [6.07, 6.45) is 0. The van der Waals surface area contributed by atoms with Crippen molar-refractivity contribution in [1.29, 1.82) is 0 Å². The molecule has 0 unspecified atom stereocenters. The number of halogens is 1. The van der Waals surface area contributed by atoms with Crippen LogP contribution in [0.1, 0.15) is 16.1 Å². The van der Waals surface area contributed by atoms with Gasteiger partial charge in [0.1, 0.15) is 11.5 Å². The summed E-state index contributed by atoms with van der Waals surface area (Å²) in [4.78, 5) is 24.5. The number of carbonyl (C=O) groups is 2. The summed E-state index contributed by atoms with van der Waals surface area (Å²) in [6, 6.07) is 10.1. The van der Waals surface area contributed by atoms with Crippen LogP contribution in [0.15, 0.2) is 40.8 Å². The van der Waals surface area contributed by atoms with Crippen molar-refractivity contribution in [3.05, 3.63) is 52.7 Å². The molecule has 0 fully saturated rings. The van der Waals surface area contributed by atoms with Gasteiger partial charge in [-0.1, -0.05) is 23.7 Å². The fourth-order valence-corrected chi connectivity index (χ4v) is 2.90. The molecule has 3 rings (SSSR count). The Labute approximate surface area is 166 Å². The molecular weight excluding hydrogens is 386 g/mol. The minimum absolute atomic E-state index is 0.0120. The van der Waals surface area contributed by atoms with E-state index in [1.165, 1.54) is 14.2 Å². The van der Waals surface area contributed by atoms with Crippen LogP contribution in [0, 0.1) is 6.92 Å². The Balaban J connectivity index is 1.67. The molecule has 0 saturated heterocycles. The molecular formula is C20H18ClNO6. The number of benzene rings is 2. The quantitative estimate of drug-likeness (QED) is 0.620. The molecule has 0 aliphatic carbocycles. The number of rotatable bonds is 6. The summed E-state index contributed by atoms with van der Waals surface area (Å²) in [5.74, 6) is -0.259. The maximum atomic E-state index is 12.3. The number of hydrogen-bond acceptors (Lipinski definition) is 6. The van der Waals surface area contributed by atoms with Crippen LogP contribution in [0.5, 0.6) is 11.5 Å². The van der Waals surface area contributed by atoms with Gasteiger partial charge in [0.25, 0.3) is 5.91 Å². The highest BCUT2D eigenvalue weighted by Gasteiger charge is 2.21. The number of methoxy groups -OCH3 is 2. The number of hydrogen-bond donors (Lipinski definition) is 1. The number of ether oxygens (including phenoxy) is 3. The highest BCUT2D eigenvalue weighted by atomic mass is 35.5. The van der Waals surface area contributed by atoms with Crippen molar-refractivity contribution in [2.24, 2.45) is 0 Å². The molecule has 1 N–H and O–H groups in total. The molecule has 1 heterocycles. The fraction of sp³-hybridized carbons (Fsp3) is 0.200. The van der Waals surface area contributed by atoms with Crippen molar-refractivity contribution >= 4 is 40.1 Å². The third kappa shape index (κ3) is 3.89. The Kier molecular flexibility index (Phi) is 5.75. The van der Waals surface area contributed by atoms with Gasteiger partial charge in [0.15, 0.2) is 12.2 Å². The van der Waals surface area contributed by atoms with Crippen molar-refractivity contribution in [3.63, 3.8) is 0 Å². The lowest BCUT2D eigenvalue weighted by Gasteiger charge is -2.11. The average Bonchev–Trinajstić information content (AvgIpc) is 3.04. The molecule has 0 spiro atoms. The van der Waals surface area contributed by atoms with E-state index in [2.05, 4.69) is 5.32 Å². The van der Waals surface area contributed by atoms with E-state index >= 15 is 0 Å². The maximum absolute atomic E-state index is 12.3. The summed E-state index contributed by atoms with van der Waals surface area (Å²) in [6.45, 7) is 1.24. The molecule has 1 aromatic heterocycles. The monoisotopic (exact) mass is 403 g/mol. The smallest absolute Gasteiger partial charge is 0.375 e. The summed E-state index contributed by atoms with van der Waals surface area (Å²) < 4.78 is 20.9. The second-order valence-electron chi connectivity index (χ2n) is 5.86. The van der Waals surface area contributed by atoms with Crippen molar-refractivity contribution in [2.45, 2.75) is 6.92 Å². The molecule has 1 amide bonds. The predicted molar refractivity (Wildman–Crippen MR) is 104 cm³/mol. The lowest BCUT2D eigenvalue weighted by Crippen LogP contribution is -2.21. The number of fused-ring (bicyclic) bond motifs is 1. The molecule has 0 radical (unpaired) electrons. The minimum Gasteiger partial charge on any atom is -0.497 e. The molecule has 0 atom stereocenters. The third-order valence-electron chi connectivity index (χ3n) is 4.12. The lowest BCUT2D eigenvalue weighted by molar-refractivity contribution is -0.119. The average molecular weight is 404 g/mol. The number of carbonyl (C=O) groups excluding carboxylic acids is 2. The largest absolute Gasteiger partial charge is 0.497 e. The highest BCUT2D eigenvalue weighted by molar-refractivity contribution is 6.35. The summed E-state index contributed by atoms with van der Waals surface area (Å²) in [7, 11) is 3.00. The van der Waals surface area contributed by atoms with Gasteiger partial charge in [-0.05, 0) is 25.1 Å². The Morgan fingerprint density at radius 2 is 1.93 bits per heavy atom. The molecule has 8 heteroatoms. The fourth-order valence-electron chi connectivity index (χ4n) is 2.69. The van der Waals surface area contributed by atoms with Crippen molar-refractivity contribution < 1.29 is 28.2 Å². The van der Waals surface area contributed by atoms with E-state index in [0.717, 1.165) is 0 Å². The van der Waals surface area contributed by atoms with Crippen LogP contribution in [0.2, 0.25) is 5.02 Å². The normalized spacial score (nSPS) is 10.6. The van der Waals surface area contributed by atoms with Crippen molar-refractivity contribution in [1.82, 2.24) is 0 Å². The maximum Gasteiger partial charge on any atom is 0.375 e. The van der Waals surface area contributed by atoms with Crippen LogP contribution in [-0.2, 0) is 9.53 Å². The Hall–Kier alpha value is -3.19. The van der Waals surface area contributed by atoms with Gasteiger partial charge in [-0.15, -0.1) is 0 Å². The molecule has 7 nitrogen and oxygen atoms in total. The molecule has 146 valence electrons. The first kappa shape index (κ1) is 19.6. The Bertz CT molecular complexity index is 1040. The van der Waals surface area contributed by atoms with Crippen LogP contribution >= 0.6 is 11.6 Å². The van der Waals surface area contributed by atoms with E-state index in [0.29, 0.717) is 38.7 Å². The molecule has 0 bridgehead atoms. The number of amides is 1. The van der Waals surface area contributed by atoms with Gasteiger partial charge in [-0.25, -0.2) is 4.79 Å². The third-order valence-corrected chi connectivity index (χ3v) is 4.42. The van der Waals surface area contributed by atoms with Crippen LogP contribution in [0.3, 0.4) is 0 Å². The number of nitrogens with one attached hydrogen (secondary N) is 1. The number of anilines is 1. The number of para-hydroxylation sites is 1. The summed E-state index contributed by atoms with van der Waals surface area (Å²) in [5, 5.41) is 3.73. The van der Waals surface area contributed by atoms with Crippen LogP contribution in [-0.4, -0.2) is 32.7 Å². The summed E-state index contributed by atoms with van der Waals surface area (Å²) in [5.41, 5.74) is 1.43. The van der Waals surface area contributed by atoms with Gasteiger partial charge in [0.2, 0.25) is 5.76 Å². The standard InChI is InChI=1S/C20H18ClNO6/c1-11-13-5-4-6-14(21)19(13)28-18(11)20(24)27-10-17(23)22-15-8-7-12(25-2)9-16(15)26-3/h4-9H,10H2,1-3H3,(H,22,23). The first-order chi connectivity index (χ1) is 13.4. The highest BCUT2D eigenvalue weighted by Crippen LogP contribution is 2.31. The number of aryl methyl sites for hydroxylation is 1. The molecule has 28 heavy (non-hydrogen) atoms. The number of esters is 1. The van der Waals surface area contributed by atoms with Gasteiger partial charge < -0.3 is 23.9 Å². The zero-order chi connectivity index (χ0) is 20.3. The predicted octanol–water partition coefficient (Wildman–Crippen LogP) is 4.21. The first-order valence-corrected chi connectivity index (χ1v) is 8.69. The second kappa shape index (κ2) is 8.22. The number of furan rings is 1. The van der Waals surface area contributed by atoms with Gasteiger partial charge in [-0.3, -0.25) is 4.79 Å². The van der Waals surface area contributed by atoms with E-state index in [-0.39, 0.29) is 5.76 Å². The second-order valence-corrected chi connectivity index (χ2v) is 6.27. The zero-order valence-corrected chi connectivity index (χ0v) is 16.3. The van der Waals surface area contributed by atoms with E-state index in [1.807, 2.05) is 0 Å². The SMILES string of the molecule is COc1ccc(NC(=O)COC(=O)c2oc3c(Cl)cccc3c2C)c(OC)c1. The van der Waals surface area contributed by atoms with Gasteiger partial charge >= 0.3 is 5.97 Å². The van der Waals surface area contributed by atoms with Crippen molar-refractivity contribution in [2.75, 3.05) is 26.1 Å². The van der Waals surface area contributed by atoms with E-state index in [9.17, 15) is 9.59 Å². The molecule has 0 aliphatic rings. The molecule has 0 saturated carbocycles. The minimum atomic E-state index is -0.749. The van der Waals surface area contributed by atoms with Gasteiger partial charge in [0.05, 0.1) is 24.9 Å². The first-order valence-electron chi connectivity index (χ1n) is 8.31. The Morgan fingerprint density at radius 3 is 2.61 bits per heavy atom. The van der Waals surface area contributed by atoms with Crippen molar-refractivity contribution in [3.8, 4) is 11.5 Å². The van der Waals surface area contributed by atoms with Crippen LogP contribution < -0.4 is 14.8 Å². The molecule has 0 aliphatic heterocycles. The zero-order valence-electron chi connectivity index (χ0n) is 15.5. The Morgan fingerprint density at radius 1 is 1.14 bits per heavy atom. The van der Waals surface area contributed by atoms with E-state index < -0.39 is 18.5 Å². The van der Waals surface area contributed by atoms with E-state index in [1.54, 1.807) is 43.3 Å². The summed E-state index contributed by atoms with van der Waals surface area (Å²) >= 11 is 6.08. The lowest BCUT2D eigenvalue weighted by atomic mass is 10.1. The topological polar surface area (TPSA) is 87.0 Å².